The van der Waals surface area contributed by atoms with Crippen molar-refractivity contribution >= 4 is 16.8 Å². The molecule has 0 fully saturated rings. The molecule has 0 spiro atoms. The van der Waals surface area contributed by atoms with E-state index in [9.17, 15) is 4.79 Å². The van der Waals surface area contributed by atoms with Gasteiger partial charge < -0.3 is 10.3 Å². The number of carbonyl (C=O) groups is 1. The number of para-hydroxylation sites is 1. The fourth-order valence-electron chi connectivity index (χ4n) is 2.47. The van der Waals surface area contributed by atoms with Crippen molar-refractivity contribution in [1.29, 1.82) is 0 Å². The van der Waals surface area contributed by atoms with Crippen LogP contribution in [0.15, 0.2) is 30.3 Å². The van der Waals surface area contributed by atoms with Crippen LogP contribution in [0.2, 0.25) is 0 Å². The van der Waals surface area contributed by atoms with Gasteiger partial charge in [0.25, 0.3) is 5.91 Å². The van der Waals surface area contributed by atoms with Crippen LogP contribution in [-0.4, -0.2) is 17.4 Å². The van der Waals surface area contributed by atoms with E-state index in [-0.39, 0.29) is 5.91 Å². The van der Waals surface area contributed by atoms with Crippen LogP contribution in [0, 0.1) is 5.92 Å². The molecule has 1 aromatic carbocycles. The lowest BCUT2D eigenvalue weighted by atomic mass is 9.99. The molecule has 0 radical (unpaired) electrons. The minimum atomic E-state index is -0.00357. The Labute approximate surface area is 120 Å². The lowest BCUT2D eigenvalue weighted by molar-refractivity contribution is 0.0941. The van der Waals surface area contributed by atoms with E-state index < -0.39 is 0 Å². The van der Waals surface area contributed by atoms with Gasteiger partial charge in [0.2, 0.25) is 0 Å². The Morgan fingerprint density at radius 3 is 2.80 bits per heavy atom. The molecular weight excluding hydrogens is 248 g/mol. The quantitative estimate of drug-likeness (QED) is 0.782. The standard InChI is InChI=1S/C17H24N2O/c1-3-5-8-13(4-2)12-18-17(20)16-11-14-9-6-7-10-15(14)19-16/h6-7,9-11,13,19H,3-5,8,12H2,1-2H3,(H,18,20). The first-order valence-electron chi connectivity index (χ1n) is 7.60. The van der Waals surface area contributed by atoms with E-state index in [4.69, 9.17) is 0 Å². The largest absolute Gasteiger partial charge is 0.351 e. The molecule has 2 aromatic rings. The van der Waals surface area contributed by atoms with Gasteiger partial charge in [0.1, 0.15) is 5.69 Å². The minimum Gasteiger partial charge on any atom is -0.351 e. The molecule has 2 N–H and O–H groups in total. The topological polar surface area (TPSA) is 44.9 Å². The molecule has 1 heterocycles. The average molecular weight is 272 g/mol. The summed E-state index contributed by atoms with van der Waals surface area (Å²) in [5.74, 6) is 0.583. The number of carbonyl (C=O) groups excluding carboxylic acids is 1. The molecule has 1 aromatic heterocycles. The highest BCUT2D eigenvalue weighted by atomic mass is 16.1. The molecule has 2 rings (SSSR count). The first kappa shape index (κ1) is 14.6. The van der Waals surface area contributed by atoms with Gasteiger partial charge in [-0.05, 0) is 24.5 Å². The van der Waals surface area contributed by atoms with Gasteiger partial charge in [-0.1, -0.05) is 51.3 Å². The van der Waals surface area contributed by atoms with Gasteiger partial charge in [-0.15, -0.1) is 0 Å². The Hall–Kier alpha value is -1.77. The SMILES string of the molecule is CCCCC(CC)CNC(=O)c1cc2ccccc2[nH]1. The molecule has 0 aliphatic rings. The second-order valence-electron chi connectivity index (χ2n) is 5.40. The number of amides is 1. The zero-order valence-electron chi connectivity index (χ0n) is 12.4. The molecule has 3 heteroatoms. The van der Waals surface area contributed by atoms with Crippen molar-refractivity contribution in [1.82, 2.24) is 10.3 Å². The summed E-state index contributed by atoms with van der Waals surface area (Å²) in [7, 11) is 0. The zero-order valence-corrected chi connectivity index (χ0v) is 12.4. The van der Waals surface area contributed by atoms with Gasteiger partial charge in [0, 0.05) is 17.4 Å². The Morgan fingerprint density at radius 2 is 2.10 bits per heavy atom. The van der Waals surface area contributed by atoms with E-state index in [1.165, 1.54) is 19.3 Å². The summed E-state index contributed by atoms with van der Waals surface area (Å²) in [6.45, 7) is 5.16. The highest BCUT2D eigenvalue weighted by Gasteiger charge is 2.11. The number of rotatable bonds is 7. The minimum absolute atomic E-state index is 0.00357. The van der Waals surface area contributed by atoms with Crippen molar-refractivity contribution < 1.29 is 4.79 Å². The van der Waals surface area contributed by atoms with E-state index >= 15 is 0 Å². The monoisotopic (exact) mass is 272 g/mol. The van der Waals surface area contributed by atoms with E-state index in [0.717, 1.165) is 23.9 Å². The van der Waals surface area contributed by atoms with Crippen molar-refractivity contribution in [2.75, 3.05) is 6.54 Å². The first-order chi connectivity index (χ1) is 9.74. The third-order valence-corrected chi connectivity index (χ3v) is 3.87. The van der Waals surface area contributed by atoms with Gasteiger partial charge in [0.05, 0.1) is 0 Å². The number of aromatic amines is 1. The van der Waals surface area contributed by atoms with E-state index in [1.54, 1.807) is 0 Å². The Morgan fingerprint density at radius 1 is 1.30 bits per heavy atom. The summed E-state index contributed by atoms with van der Waals surface area (Å²) in [6.07, 6.45) is 4.76. The average Bonchev–Trinajstić information content (AvgIpc) is 2.91. The zero-order chi connectivity index (χ0) is 14.4. The van der Waals surface area contributed by atoms with E-state index in [2.05, 4.69) is 24.1 Å². The molecule has 0 aliphatic heterocycles. The Balaban J connectivity index is 1.94. The van der Waals surface area contributed by atoms with Crippen LogP contribution in [0.3, 0.4) is 0 Å². The number of unbranched alkanes of at least 4 members (excludes halogenated alkanes) is 1. The van der Waals surface area contributed by atoms with Gasteiger partial charge in [-0.3, -0.25) is 4.79 Å². The third-order valence-electron chi connectivity index (χ3n) is 3.87. The fraction of sp³-hybridized carbons (Fsp3) is 0.471. The fourth-order valence-corrected chi connectivity index (χ4v) is 2.47. The van der Waals surface area contributed by atoms with Crippen molar-refractivity contribution in [2.24, 2.45) is 5.92 Å². The molecule has 0 saturated heterocycles. The highest BCUT2D eigenvalue weighted by molar-refractivity contribution is 5.97. The van der Waals surface area contributed by atoms with Crippen LogP contribution >= 0.6 is 0 Å². The maximum atomic E-state index is 12.2. The molecule has 108 valence electrons. The lowest BCUT2D eigenvalue weighted by Gasteiger charge is -2.14. The van der Waals surface area contributed by atoms with Crippen LogP contribution < -0.4 is 5.32 Å². The highest BCUT2D eigenvalue weighted by Crippen LogP contribution is 2.15. The summed E-state index contributed by atoms with van der Waals surface area (Å²) >= 11 is 0. The van der Waals surface area contributed by atoms with Crippen molar-refractivity contribution in [2.45, 2.75) is 39.5 Å². The number of hydrogen-bond donors (Lipinski definition) is 2. The number of nitrogens with one attached hydrogen (secondary N) is 2. The number of benzene rings is 1. The number of aromatic nitrogens is 1. The first-order valence-corrected chi connectivity index (χ1v) is 7.60. The van der Waals surface area contributed by atoms with E-state index in [1.807, 2.05) is 30.3 Å². The van der Waals surface area contributed by atoms with Gasteiger partial charge in [-0.25, -0.2) is 0 Å². The molecular formula is C17H24N2O. The second-order valence-corrected chi connectivity index (χ2v) is 5.40. The van der Waals surface area contributed by atoms with Crippen LogP contribution in [-0.2, 0) is 0 Å². The predicted molar refractivity (Wildman–Crippen MR) is 83.9 cm³/mol. The number of H-pyrrole nitrogens is 1. The Kier molecular flexibility index (Phi) is 5.22. The molecule has 0 aliphatic carbocycles. The molecule has 1 amide bonds. The maximum absolute atomic E-state index is 12.2. The number of fused-ring (bicyclic) bond motifs is 1. The summed E-state index contributed by atoms with van der Waals surface area (Å²) < 4.78 is 0. The molecule has 3 nitrogen and oxygen atoms in total. The van der Waals surface area contributed by atoms with Crippen molar-refractivity contribution in [3.05, 3.63) is 36.0 Å². The molecule has 0 bridgehead atoms. The summed E-state index contributed by atoms with van der Waals surface area (Å²) in [6, 6.07) is 9.87. The molecule has 1 unspecified atom stereocenters. The molecule has 0 saturated carbocycles. The van der Waals surface area contributed by atoms with Gasteiger partial charge >= 0.3 is 0 Å². The lowest BCUT2D eigenvalue weighted by Crippen LogP contribution is -2.29. The molecule has 20 heavy (non-hydrogen) atoms. The smallest absolute Gasteiger partial charge is 0.267 e. The van der Waals surface area contributed by atoms with Crippen molar-refractivity contribution in [3.63, 3.8) is 0 Å². The van der Waals surface area contributed by atoms with Crippen LogP contribution in [0.1, 0.15) is 50.0 Å². The third kappa shape index (κ3) is 3.62. The summed E-state index contributed by atoms with van der Waals surface area (Å²) in [5.41, 5.74) is 1.66. The molecule has 1 atom stereocenters. The van der Waals surface area contributed by atoms with E-state index in [0.29, 0.717) is 11.6 Å². The predicted octanol–water partition coefficient (Wildman–Crippen LogP) is 4.11. The number of hydrogen-bond acceptors (Lipinski definition) is 1. The van der Waals surface area contributed by atoms with Crippen LogP contribution in [0.5, 0.6) is 0 Å². The summed E-state index contributed by atoms with van der Waals surface area (Å²) in [4.78, 5) is 15.3. The van der Waals surface area contributed by atoms with Crippen LogP contribution in [0.25, 0.3) is 10.9 Å². The Bertz CT molecular complexity index is 526. The van der Waals surface area contributed by atoms with Crippen LogP contribution in [0.4, 0.5) is 0 Å². The second kappa shape index (κ2) is 7.13. The maximum Gasteiger partial charge on any atom is 0.267 e. The normalized spacial score (nSPS) is 12.5. The van der Waals surface area contributed by atoms with Gasteiger partial charge in [0.15, 0.2) is 0 Å². The van der Waals surface area contributed by atoms with Gasteiger partial charge in [-0.2, -0.15) is 0 Å². The van der Waals surface area contributed by atoms with Crippen molar-refractivity contribution in [3.8, 4) is 0 Å². The summed E-state index contributed by atoms with van der Waals surface area (Å²) in [5, 5.41) is 4.13.